The van der Waals surface area contributed by atoms with Gasteiger partial charge in [0.1, 0.15) is 0 Å². The highest BCUT2D eigenvalue weighted by Crippen LogP contribution is 2.31. The number of rotatable bonds is 3. The summed E-state index contributed by atoms with van der Waals surface area (Å²) in [6.07, 6.45) is 1.70. The second-order valence-corrected chi connectivity index (χ2v) is 3.70. The molecule has 0 bridgehead atoms. The molecule has 0 atom stereocenters. The molecule has 0 spiro atoms. The van der Waals surface area contributed by atoms with Crippen LogP contribution in [0.3, 0.4) is 0 Å². The van der Waals surface area contributed by atoms with Crippen LogP contribution in [0.4, 0.5) is 0 Å². The van der Waals surface area contributed by atoms with Crippen LogP contribution in [0.5, 0.6) is 11.9 Å². The van der Waals surface area contributed by atoms with Crippen LogP contribution in [0.15, 0.2) is 23.7 Å². The third-order valence-corrected chi connectivity index (χ3v) is 2.80. The van der Waals surface area contributed by atoms with Gasteiger partial charge >= 0.3 is 6.01 Å². The topological polar surface area (TPSA) is 44.2 Å². The summed E-state index contributed by atoms with van der Waals surface area (Å²) < 4.78 is 10.1. The minimum absolute atomic E-state index is 0.312. The molecule has 0 unspecified atom stereocenters. The molecule has 0 saturated heterocycles. The Morgan fingerprint density at radius 1 is 1.27 bits per heavy atom. The molecule has 0 fully saturated rings. The van der Waals surface area contributed by atoms with E-state index in [0.717, 1.165) is 10.4 Å². The number of nitrogens with zero attached hydrogens (tertiary/aromatic N) is 2. The average Bonchev–Trinajstić information content (AvgIpc) is 2.81. The quantitative estimate of drug-likeness (QED) is 0.798. The number of hydrogen-bond acceptors (Lipinski definition) is 5. The van der Waals surface area contributed by atoms with Crippen molar-refractivity contribution in [2.24, 2.45) is 0 Å². The maximum Gasteiger partial charge on any atom is 0.319 e. The first-order valence-corrected chi connectivity index (χ1v) is 5.22. The number of ether oxygens (including phenoxy) is 2. The summed E-state index contributed by atoms with van der Waals surface area (Å²) in [6, 6.07) is 4.29. The van der Waals surface area contributed by atoms with Gasteiger partial charge in [-0.25, -0.2) is 4.98 Å². The molecule has 78 valence electrons. The smallest absolute Gasteiger partial charge is 0.319 e. The van der Waals surface area contributed by atoms with Gasteiger partial charge < -0.3 is 9.47 Å². The van der Waals surface area contributed by atoms with Crippen LogP contribution < -0.4 is 9.47 Å². The zero-order valence-electron chi connectivity index (χ0n) is 8.43. The molecule has 0 radical (unpaired) electrons. The van der Waals surface area contributed by atoms with Crippen molar-refractivity contribution in [2.45, 2.75) is 0 Å². The highest BCUT2D eigenvalue weighted by molar-refractivity contribution is 7.13. The predicted molar refractivity (Wildman–Crippen MR) is 58.4 cm³/mol. The molecule has 0 amide bonds. The molecule has 0 N–H and O–H groups in total. The van der Waals surface area contributed by atoms with Gasteiger partial charge in [0, 0.05) is 11.1 Å². The number of thiophene rings is 1. The molecule has 0 aliphatic rings. The van der Waals surface area contributed by atoms with Crippen LogP contribution in [0.25, 0.3) is 10.4 Å². The normalized spacial score (nSPS) is 10.0. The average molecular weight is 222 g/mol. The molecule has 2 aromatic heterocycles. The van der Waals surface area contributed by atoms with Crippen molar-refractivity contribution in [3.8, 4) is 22.3 Å². The summed E-state index contributed by atoms with van der Waals surface area (Å²) in [6.45, 7) is 0. The maximum atomic E-state index is 5.19. The van der Waals surface area contributed by atoms with Crippen molar-refractivity contribution in [1.82, 2.24) is 9.97 Å². The lowest BCUT2D eigenvalue weighted by molar-refractivity contribution is 0.353. The number of hydrogen-bond donors (Lipinski definition) is 0. The lowest BCUT2D eigenvalue weighted by Crippen LogP contribution is -1.96. The lowest BCUT2D eigenvalue weighted by Gasteiger charge is -2.06. The van der Waals surface area contributed by atoms with Crippen LogP contribution >= 0.6 is 11.3 Å². The Morgan fingerprint density at radius 2 is 2.13 bits per heavy atom. The van der Waals surface area contributed by atoms with E-state index in [2.05, 4.69) is 9.97 Å². The molecule has 15 heavy (non-hydrogen) atoms. The van der Waals surface area contributed by atoms with Crippen molar-refractivity contribution in [2.75, 3.05) is 14.2 Å². The van der Waals surface area contributed by atoms with Gasteiger partial charge in [0.15, 0.2) is 0 Å². The Balaban J connectivity index is 2.48. The zero-order chi connectivity index (χ0) is 10.7. The van der Waals surface area contributed by atoms with Crippen LogP contribution in [-0.4, -0.2) is 24.2 Å². The van der Waals surface area contributed by atoms with E-state index in [1.807, 2.05) is 17.5 Å². The Hall–Kier alpha value is -1.62. The van der Waals surface area contributed by atoms with E-state index in [0.29, 0.717) is 11.9 Å². The van der Waals surface area contributed by atoms with Crippen LogP contribution in [-0.2, 0) is 0 Å². The zero-order valence-corrected chi connectivity index (χ0v) is 9.25. The summed E-state index contributed by atoms with van der Waals surface area (Å²) in [4.78, 5) is 9.25. The van der Waals surface area contributed by atoms with Gasteiger partial charge in [-0.3, -0.25) is 0 Å². The Labute approximate surface area is 91.5 Å². The van der Waals surface area contributed by atoms with Gasteiger partial charge in [0.05, 0.1) is 19.8 Å². The number of aromatic nitrogens is 2. The van der Waals surface area contributed by atoms with E-state index >= 15 is 0 Å². The van der Waals surface area contributed by atoms with E-state index in [1.165, 1.54) is 7.11 Å². The third-order valence-electron chi connectivity index (χ3n) is 1.89. The van der Waals surface area contributed by atoms with Gasteiger partial charge in [-0.2, -0.15) is 4.98 Å². The lowest BCUT2D eigenvalue weighted by atomic mass is 10.3. The van der Waals surface area contributed by atoms with Crippen LogP contribution in [0, 0.1) is 0 Å². The van der Waals surface area contributed by atoms with Gasteiger partial charge in [0.25, 0.3) is 0 Å². The molecule has 5 heteroatoms. The predicted octanol–water partition coefficient (Wildman–Crippen LogP) is 2.22. The second kappa shape index (κ2) is 4.27. The molecular weight excluding hydrogens is 212 g/mol. The molecule has 0 aromatic carbocycles. The Bertz CT molecular complexity index is 443. The van der Waals surface area contributed by atoms with Crippen molar-refractivity contribution in [3.63, 3.8) is 0 Å². The first-order valence-electron chi connectivity index (χ1n) is 4.34. The monoisotopic (exact) mass is 222 g/mol. The van der Waals surface area contributed by atoms with Crippen LogP contribution in [0.2, 0.25) is 0 Å². The van der Waals surface area contributed by atoms with Gasteiger partial charge in [-0.15, -0.1) is 11.3 Å². The molecule has 2 rings (SSSR count). The van der Waals surface area contributed by atoms with Gasteiger partial charge in [-0.05, 0) is 11.4 Å². The van der Waals surface area contributed by atoms with Crippen molar-refractivity contribution >= 4 is 11.3 Å². The first kappa shape index (κ1) is 9.92. The molecule has 2 aromatic rings. The minimum Gasteiger partial charge on any atom is -0.480 e. The van der Waals surface area contributed by atoms with Crippen molar-refractivity contribution < 1.29 is 9.47 Å². The second-order valence-electron chi connectivity index (χ2n) is 2.76. The summed E-state index contributed by atoms with van der Waals surface area (Å²) in [5, 5.41) is 2.00. The highest BCUT2D eigenvalue weighted by Gasteiger charge is 2.10. The maximum absolute atomic E-state index is 5.19. The standard InChI is InChI=1S/C10H10N2O2S/c1-13-9-7(8-4-3-5-15-8)6-11-10(12-9)14-2/h3-6H,1-2H3. The fraction of sp³-hybridized carbons (Fsp3) is 0.200. The summed E-state index contributed by atoms with van der Waals surface area (Å²) >= 11 is 1.62. The van der Waals surface area contributed by atoms with E-state index in [1.54, 1.807) is 24.6 Å². The molecule has 0 aliphatic carbocycles. The summed E-state index contributed by atoms with van der Waals surface area (Å²) in [5.74, 6) is 0.532. The van der Waals surface area contributed by atoms with E-state index in [4.69, 9.17) is 9.47 Å². The van der Waals surface area contributed by atoms with E-state index in [9.17, 15) is 0 Å². The van der Waals surface area contributed by atoms with E-state index < -0.39 is 0 Å². The molecule has 0 saturated carbocycles. The fourth-order valence-electron chi connectivity index (χ4n) is 1.21. The van der Waals surface area contributed by atoms with E-state index in [-0.39, 0.29) is 0 Å². The number of methoxy groups -OCH3 is 2. The van der Waals surface area contributed by atoms with Crippen molar-refractivity contribution in [1.29, 1.82) is 0 Å². The first-order chi connectivity index (χ1) is 7.35. The molecule has 0 aliphatic heterocycles. The SMILES string of the molecule is COc1ncc(-c2cccs2)c(OC)n1. The Kier molecular flexibility index (Phi) is 2.82. The van der Waals surface area contributed by atoms with Gasteiger partial charge in [-0.1, -0.05) is 6.07 Å². The minimum atomic E-state index is 0.312. The molecular formula is C10H10N2O2S. The molecule has 2 heterocycles. The fourth-order valence-corrected chi connectivity index (χ4v) is 1.93. The largest absolute Gasteiger partial charge is 0.480 e. The third kappa shape index (κ3) is 1.92. The van der Waals surface area contributed by atoms with Crippen LogP contribution in [0.1, 0.15) is 0 Å². The van der Waals surface area contributed by atoms with Gasteiger partial charge in [0.2, 0.25) is 5.88 Å². The Morgan fingerprint density at radius 3 is 2.73 bits per heavy atom. The summed E-state index contributed by atoms with van der Waals surface area (Å²) in [7, 11) is 3.11. The molecule has 4 nitrogen and oxygen atoms in total. The summed E-state index contributed by atoms with van der Waals surface area (Å²) in [5.41, 5.74) is 0.883. The van der Waals surface area contributed by atoms with Crippen molar-refractivity contribution in [3.05, 3.63) is 23.7 Å². The highest BCUT2D eigenvalue weighted by atomic mass is 32.1.